The molecule has 10 nitrogen and oxygen atoms in total. The fourth-order valence-corrected chi connectivity index (χ4v) is 8.83. The summed E-state index contributed by atoms with van der Waals surface area (Å²) in [6, 6.07) is 10.8. The van der Waals surface area contributed by atoms with Crippen LogP contribution in [-0.2, 0) is 22.2 Å². The summed E-state index contributed by atoms with van der Waals surface area (Å²) in [7, 11) is 2.53. The number of fused-ring (bicyclic) bond motifs is 4. The van der Waals surface area contributed by atoms with Crippen molar-refractivity contribution < 1.29 is 33.1 Å². The summed E-state index contributed by atoms with van der Waals surface area (Å²) in [5.74, 6) is -1.35. The van der Waals surface area contributed by atoms with Crippen molar-refractivity contribution >= 4 is 31.3 Å². The third-order valence-corrected chi connectivity index (χ3v) is 15.3. The predicted octanol–water partition coefficient (Wildman–Crippen LogP) is 6.44. The topological polar surface area (TPSA) is 137 Å². The zero-order chi connectivity index (χ0) is 34.2. The maximum absolute atomic E-state index is 15.4. The average molecular weight is 660 g/mol. The normalized spacial score (nSPS) is 24.1. The fraction of sp³-hybridized carbons (Fsp3) is 0.472. The van der Waals surface area contributed by atoms with Gasteiger partial charge in [-0.05, 0) is 74.2 Å². The van der Waals surface area contributed by atoms with E-state index >= 15 is 9.59 Å². The molecule has 1 heterocycles. The molecule has 6 rings (SSSR count). The molecule has 0 amide bonds. The molecule has 3 aromatic rings. The van der Waals surface area contributed by atoms with Crippen LogP contribution in [0.3, 0.4) is 0 Å². The van der Waals surface area contributed by atoms with E-state index in [-0.39, 0.29) is 34.4 Å². The van der Waals surface area contributed by atoms with Gasteiger partial charge in [-0.15, -0.1) is 0 Å². The highest BCUT2D eigenvalue weighted by Gasteiger charge is 2.68. The van der Waals surface area contributed by atoms with E-state index in [1.807, 2.05) is 69.3 Å². The predicted molar refractivity (Wildman–Crippen MR) is 181 cm³/mol. The first-order valence-electron chi connectivity index (χ1n) is 16.1. The summed E-state index contributed by atoms with van der Waals surface area (Å²) in [5, 5.41) is 15.9. The molecule has 47 heavy (non-hydrogen) atoms. The Bertz CT molecular complexity index is 1790. The number of hydrogen-bond acceptors (Lipinski definition) is 10. The van der Waals surface area contributed by atoms with Crippen LogP contribution in [0.25, 0.3) is 5.76 Å². The SMILES string of the molecule is COc1cc(N)c(C)c2c1C[C@H]1C[C@H]3[C@H](N(C)C)c4onc(OCc5ccccc5)c4C(=O)[C@@]3(O[Si](C)(C)C(C)(C)C)C(=O)C1=C2O. The van der Waals surface area contributed by atoms with E-state index in [0.717, 1.165) is 11.1 Å². The highest BCUT2D eigenvalue weighted by atomic mass is 28.4. The van der Waals surface area contributed by atoms with Gasteiger partial charge in [-0.2, -0.15) is 0 Å². The second kappa shape index (κ2) is 11.3. The van der Waals surface area contributed by atoms with Crippen molar-refractivity contribution in [1.82, 2.24) is 10.1 Å². The molecule has 0 spiro atoms. The third-order valence-electron chi connectivity index (χ3n) is 10.8. The second-order valence-corrected chi connectivity index (χ2v) is 19.5. The zero-order valence-electron chi connectivity index (χ0n) is 28.7. The van der Waals surface area contributed by atoms with E-state index in [9.17, 15) is 5.11 Å². The Balaban J connectivity index is 1.59. The number of benzene rings is 2. The summed E-state index contributed by atoms with van der Waals surface area (Å²) in [5.41, 5.74) is 7.95. The van der Waals surface area contributed by atoms with Crippen molar-refractivity contribution in [1.29, 1.82) is 0 Å². The van der Waals surface area contributed by atoms with E-state index in [4.69, 9.17) is 24.2 Å². The van der Waals surface area contributed by atoms with Gasteiger partial charge in [0.25, 0.3) is 5.88 Å². The van der Waals surface area contributed by atoms with Crippen LogP contribution in [0.5, 0.6) is 11.6 Å². The van der Waals surface area contributed by atoms with Crippen molar-refractivity contribution in [3.05, 3.63) is 75.5 Å². The zero-order valence-corrected chi connectivity index (χ0v) is 29.7. The number of anilines is 1. The Kier molecular flexibility index (Phi) is 7.96. The van der Waals surface area contributed by atoms with Crippen LogP contribution in [0.15, 0.2) is 46.5 Å². The molecular formula is C36H45N3O7Si. The largest absolute Gasteiger partial charge is 0.507 e. The molecule has 4 atom stereocenters. The molecule has 1 fully saturated rings. The summed E-state index contributed by atoms with van der Waals surface area (Å²) in [4.78, 5) is 32.6. The Morgan fingerprint density at radius 2 is 1.81 bits per heavy atom. The van der Waals surface area contributed by atoms with Gasteiger partial charge in [0.2, 0.25) is 11.6 Å². The van der Waals surface area contributed by atoms with Gasteiger partial charge >= 0.3 is 0 Å². The number of methoxy groups -OCH3 is 1. The number of nitrogen functional groups attached to an aromatic ring is 1. The molecular weight excluding hydrogens is 614 g/mol. The van der Waals surface area contributed by atoms with Crippen molar-refractivity contribution in [2.45, 2.75) is 76.9 Å². The van der Waals surface area contributed by atoms with Crippen LogP contribution in [0.1, 0.15) is 71.6 Å². The lowest BCUT2D eigenvalue weighted by atomic mass is 9.57. The monoisotopic (exact) mass is 659 g/mol. The van der Waals surface area contributed by atoms with Crippen LogP contribution < -0.4 is 15.2 Å². The molecule has 2 aromatic carbocycles. The fourth-order valence-electron chi connectivity index (χ4n) is 7.38. The van der Waals surface area contributed by atoms with Crippen molar-refractivity contribution in [2.75, 3.05) is 26.9 Å². The van der Waals surface area contributed by atoms with E-state index in [1.54, 1.807) is 13.2 Å². The Morgan fingerprint density at radius 1 is 1.13 bits per heavy atom. The van der Waals surface area contributed by atoms with Crippen LogP contribution in [0.4, 0.5) is 5.69 Å². The Labute approximate surface area is 277 Å². The van der Waals surface area contributed by atoms with Gasteiger partial charge in [-0.25, -0.2) is 0 Å². The van der Waals surface area contributed by atoms with Gasteiger partial charge in [0.1, 0.15) is 23.7 Å². The number of rotatable bonds is 7. The van der Waals surface area contributed by atoms with E-state index in [1.165, 1.54) is 0 Å². The van der Waals surface area contributed by atoms with E-state index in [0.29, 0.717) is 41.2 Å². The number of carbonyl (C=O) groups is 2. The minimum atomic E-state index is -2.83. The molecule has 250 valence electrons. The number of hydrogen-bond donors (Lipinski definition) is 2. The molecule has 3 aliphatic rings. The molecule has 3 aliphatic carbocycles. The smallest absolute Gasteiger partial charge is 0.265 e. The lowest BCUT2D eigenvalue weighted by Gasteiger charge is -2.55. The summed E-state index contributed by atoms with van der Waals surface area (Å²) in [6.45, 7) is 12.3. The van der Waals surface area contributed by atoms with Crippen molar-refractivity contribution in [2.24, 2.45) is 11.8 Å². The summed E-state index contributed by atoms with van der Waals surface area (Å²) in [6.07, 6.45) is 0.807. The van der Waals surface area contributed by atoms with E-state index in [2.05, 4.69) is 25.9 Å². The standard InChI is InChI=1S/C36H45N3O7Si/c1-19-24(37)17-25(43-7)22-15-21-16-23-29(39(5)6)31-28(34(38-45-31)44-18-20-13-11-10-12-14-20)33(42)36(23,46-47(8,9)35(2,3)4)32(41)27(21)30(40)26(19)22/h10-14,17,21,23,29,40H,15-16,18,37H2,1-9H3/t21-,23-,29-,36-/m0/s1. The molecule has 0 radical (unpaired) electrons. The molecule has 0 aliphatic heterocycles. The minimum absolute atomic E-state index is 0.0211. The first-order valence-corrected chi connectivity index (χ1v) is 19.0. The minimum Gasteiger partial charge on any atom is -0.507 e. The van der Waals surface area contributed by atoms with Crippen LogP contribution in [0, 0.1) is 18.8 Å². The van der Waals surface area contributed by atoms with Gasteiger partial charge in [0.15, 0.2) is 19.7 Å². The Morgan fingerprint density at radius 3 is 2.43 bits per heavy atom. The number of ketones is 2. The summed E-state index contributed by atoms with van der Waals surface area (Å²) < 4.78 is 24.9. The van der Waals surface area contributed by atoms with Gasteiger partial charge in [-0.1, -0.05) is 51.1 Å². The maximum atomic E-state index is 15.4. The first kappa shape index (κ1) is 33.0. The highest BCUT2D eigenvalue weighted by molar-refractivity contribution is 6.74. The average Bonchev–Trinajstić information content (AvgIpc) is 3.42. The lowest BCUT2D eigenvalue weighted by Crippen LogP contribution is -2.68. The number of Topliss-reactive ketones (excluding diaryl/α,β-unsaturated/α-hetero) is 2. The molecule has 3 N–H and O–H groups in total. The molecule has 1 saturated carbocycles. The van der Waals surface area contributed by atoms with Gasteiger partial charge in [0, 0.05) is 34.4 Å². The van der Waals surface area contributed by atoms with Gasteiger partial charge < -0.3 is 29.3 Å². The second-order valence-electron chi connectivity index (χ2n) is 14.8. The number of aliphatic hydroxyl groups excluding tert-OH is 1. The van der Waals surface area contributed by atoms with Crippen LogP contribution in [-0.4, -0.2) is 61.9 Å². The van der Waals surface area contributed by atoms with Crippen LogP contribution >= 0.6 is 0 Å². The third kappa shape index (κ3) is 4.93. The summed E-state index contributed by atoms with van der Waals surface area (Å²) >= 11 is 0. The van der Waals surface area contributed by atoms with Gasteiger partial charge in [0.05, 0.1) is 13.2 Å². The number of nitrogens with zero attached hydrogens (tertiary/aromatic N) is 2. The maximum Gasteiger partial charge on any atom is 0.265 e. The first-order chi connectivity index (χ1) is 22.0. The molecule has 0 saturated heterocycles. The number of nitrogens with two attached hydrogens (primary N) is 1. The number of aromatic nitrogens is 1. The quantitative estimate of drug-likeness (QED) is 0.166. The number of ether oxygens (including phenoxy) is 2. The number of aliphatic hydroxyl groups is 1. The van der Waals surface area contributed by atoms with Gasteiger partial charge in [-0.3, -0.25) is 14.5 Å². The highest BCUT2D eigenvalue weighted by Crippen LogP contribution is 2.59. The molecule has 0 unspecified atom stereocenters. The number of carbonyl (C=O) groups excluding carboxylic acids is 2. The molecule has 0 bridgehead atoms. The van der Waals surface area contributed by atoms with Crippen molar-refractivity contribution in [3.8, 4) is 11.6 Å². The van der Waals surface area contributed by atoms with Crippen LogP contribution in [0.2, 0.25) is 18.1 Å². The lowest BCUT2D eigenvalue weighted by molar-refractivity contribution is -0.140. The van der Waals surface area contributed by atoms with Crippen molar-refractivity contribution in [3.63, 3.8) is 0 Å². The molecule has 11 heteroatoms. The molecule has 1 aromatic heterocycles. The van der Waals surface area contributed by atoms with E-state index < -0.39 is 43.4 Å². The Hall–Kier alpha value is -3.93.